The maximum Gasteiger partial charge on any atom is 0.263 e. The fourth-order valence-corrected chi connectivity index (χ4v) is 4.48. The van der Waals surface area contributed by atoms with E-state index in [1.165, 1.54) is 0 Å². The first kappa shape index (κ1) is 26.0. The van der Waals surface area contributed by atoms with E-state index in [-0.39, 0.29) is 17.9 Å². The Kier molecular flexibility index (Phi) is 7.27. The highest BCUT2D eigenvalue weighted by molar-refractivity contribution is 6.34. The van der Waals surface area contributed by atoms with Gasteiger partial charge in [-0.2, -0.15) is 0 Å². The molecule has 1 saturated heterocycles. The molecule has 200 valence electrons. The standard InChI is InChI=1S/C27H32ClN7O3/c1-27(2,3)20-13-21(34-38-20)31-22(36)15-37-18-7-5-16(6-8-18)25-32-24-23(19(28)14-29-26(24)33-25)30-17-9-11-35(4)12-10-17/h5-8,13-14,17H,9-12,15H2,1-4H3,(H,31,34,36)(H2,29,30,32,33). The molecule has 0 bridgehead atoms. The molecule has 0 saturated carbocycles. The Bertz CT molecular complexity index is 1420. The average Bonchev–Trinajstić information content (AvgIpc) is 3.54. The van der Waals surface area contributed by atoms with Crippen molar-refractivity contribution in [1.29, 1.82) is 0 Å². The molecule has 38 heavy (non-hydrogen) atoms. The predicted octanol–water partition coefficient (Wildman–Crippen LogP) is 5.09. The number of hydrogen-bond acceptors (Lipinski definition) is 8. The number of carbonyl (C=O) groups is 1. The van der Waals surface area contributed by atoms with Crippen molar-refractivity contribution in [2.24, 2.45) is 0 Å². The van der Waals surface area contributed by atoms with Crippen LogP contribution in [-0.2, 0) is 10.2 Å². The molecular formula is C27H32ClN7O3. The van der Waals surface area contributed by atoms with E-state index in [0.29, 0.717) is 45.4 Å². The van der Waals surface area contributed by atoms with Gasteiger partial charge in [-0.05, 0) is 57.2 Å². The molecule has 0 atom stereocenters. The van der Waals surface area contributed by atoms with Crippen molar-refractivity contribution in [2.45, 2.75) is 45.1 Å². The number of carbonyl (C=O) groups excluding carboxylic acids is 1. The molecule has 1 fully saturated rings. The normalized spacial score (nSPS) is 15.1. The van der Waals surface area contributed by atoms with Crippen molar-refractivity contribution >= 4 is 40.2 Å². The van der Waals surface area contributed by atoms with E-state index < -0.39 is 0 Å². The number of piperidine rings is 1. The molecule has 0 aliphatic carbocycles. The number of anilines is 2. The Hall–Kier alpha value is -3.63. The zero-order chi connectivity index (χ0) is 26.9. The first-order valence-corrected chi connectivity index (χ1v) is 13.0. The summed E-state index contributed by atoms with van der Waals surface area (Å²) in [4.78, 5) is 27.1. The Balaban J connectivity index is 1.23. The van der Waals surface area contributed by atoms with Crippen LogP contribution in [0.1, 0.15) is 39.4 Å². The van der Waals surface area contributed by atoms with Crippen LogP contribution in [-0.4, -0.2) is 63.7 Å². The molecule has 3 N–H and O–H groups in total. The van der Waals surface area contributed by atoms with Crippen molar-refractivity contribution < 1.29 is 14.1 Å². The number of ether oxygens (including phenoxy) is 1. The van der Waals surface area contributed by atoms with Crippen LogP contribution in [0.5, 0.6) is 5.75 Å². The minimum absolute atomic E-state index is 0.157. The van der Waals surface area contributed by atoms with E-state index in [2.05, 4.69) is 37.7 Å². The molecule has 5 rings (SSSR count). The average molecular weight is 538 g/mol. The van der Waals surface area contributed by atoms with Gasteiger partial charge >= 0.3 is 0 Å². The molecule has 3 aromatic heterocycles. The monoisotopic (exact) mass is 537 g/mol. The zero-order valence-corrected chi connectivity index (χ0v) is 22.7. The number of aromatic nitrogens is 4. The summed E-state index contributed by atoms with van der Waals surface area (Å²) in [7, 11) is 2.14. The second-order valence-corrected chi connectivity index (χ2v) is 11.1. The van der Waals surface area contributed by atoms with Gasteiger partial charge in [-0.15, -0.1) is 0 Å². The summed E-state index contributed by atoms with van der Waals surface area (Å²) < 4.78 is 10.9. The molecule has 1 aromatic carbocycles. The van der Waals surface area contributed by atoms with Crippen molar-refractivity contribution in [3.63, 3.8) is 0 Å². The SMILES string of the molecule is CN1CCC(Nc2c(Cl)cnc3[nH]c(-c4ccc(OCC(=O)Nc5cc(C(C)(C)C)on5)cc4)nc23)CC1. The van der Waals surface area contributed by atoms with E-state index in [1.54, 1.807) is 24.4 Å². The van der Waals surface area contributed by atoms with Gasteiger partial charge in [0.2, 0.25) is 0 Å². The third-order valence-corrected chi connectivity index (χ3v) is 6.84. The van der Waals surface area contributed by atoms with E-state index in [0.717, 1.165) is 37.2 Å². The van der Waals surface area contributed by atoms with Crippen molar-refractivity contribution in [3.8, 4) is 17.1 Å². The van der Waals surface area contributed by atoms with Crippen LogP contribution >= 0.6 is 11.6 Å². The number of fused-ring (bicyclic) bond motifs is 1. The Morgan fingerprint density at radius 2 is 1.97 bits per heavy atom. The molecule has 11 heteroatoms. The van der Waals surface area contributed by atoms with Gasteiger partial charge in [-0.1, -0.05) is 37.5 Å². The summed E-state index contributed by atoms with van der Waals surface area (Å²) in [6, 6.07) is 9.40. The number of nitrogens with zero attached hydrogens (tertiary/aromatic N) is 4. The lowest BCUT2D eigenvalue weighted by molar-refractivity contribution is -0.118. The van der Waals surface area contributed by atoms with Crippen LogP contribution in [0.15, 0.2) is 41.1 Å². The minimum atomic E-state index is -0.326. The van der Waals surface area contributed by atoms with Gasteiger partial charge in [0.05, 0.1) is 16.9 Å². The third-order valence-electron chi connectivity index (χ3n) is 6.55. The topological polar surface area (TPSA) is 121 Å². The van der Waals surface area contributed by atoms with E-state index >= 15 is 0 Å². The molecule has 0 unspecified atom stereocenters. The number of rotatable bonds is 7. The van der Waals surface area contributed by atoms with Gasteiger partial charge in [0.1, 0.15) is 22.9 Å². The van der Waals surface area contributed by atoms with Gasteiger partial charge in [-0.25, -0.2) is 9.97 Å². The summed E-state index contributed by atoms with van der Waals surface area (Å²) in [6.45, 7) is 7.96. The van der Waals surface area contributed by atoms with Crippen molar-refractivity contribution in [2.75, 3.05) is 37.4 Å². The van der Waals surface area contributed by atoms with Crippen molar-refractivity contribution in [1.82, 2.24) is 25.0 Å². The lowest BCUT2D eigenvalue weighted by atomic mass is 9.93. The second kappa shape index (κ2) is 10.6. The molecule has 10 nitrogen and oxygen atoms in total. The Labute approximate surface area is 226 Å². The fraction of sp³-hybridized carbons (Fsp3) is 0.407. The van der Waals surface area contributed by atoms with E-state index in [9.17, 15) is 4.79 Å². The lowest BCUT2D eigenvalue weighted by Gasteiger charge is -2.30. The number of aromatic amines is 1. The maximum absolute atomic E-state index is 12.3. The van der Waals surface area contributed by atoms with Crippen LogP contribution in [0.25, 0.3) is 22.6 Å². The molecule has 1 amide bonds. The number of pyridine rings is 1. The van der Waals surface area contributed by atoms with Gasteiger partial charge in [0.15, 0.2) is 18.1 Å². The van der Waals surface area contributed by atoms with Gasteiger partial charge < -0.3 is 29.8 Å². The molecule has 1 aliphatic heterocycles. The number of nitrogens with one attached hydrogen (secondary N) is 3. The molecule has 0 spiro atoms. The largest absolute Gasteiger partial charge is 0.484 e. The highest BCUT2D eigenvalue weighted by atomic mass is 35.5. The van der Waals surface area contributed by atoms with Crippen LogP contribution in [0, 0.1) is 0 Å². The number of likely N-dealkylation sites (tertiary alicyclic amines) is 1. The highest BCUT2D eigenvalue weighted by Gasteiger charge is 2.22. The Morgan fingerprint density at radius 1 is 1.24 bits per heavy atom. The number of amides is 1. The number of halogens is 1. The highest BCUT2D eigenvalue weighted by Crippen LogP contribution is 2.32. The predicted molar refractivity (Wildman–Crippen MR) is 148 cm³/mol. The zero-order valence-electron chi connectivity index (χ0n) is 22.0. The lowest BCUT2D eigenvalue weighted by Crippen LogP contribution is -2.36. The second-order valence-electron chi connectivity index (χ2n) is 10.7. The summed E-state index contributed by atoms with van der Waals surface area (Å²) in [5.41, 5.74) is 2.85. The summed E-state index contributed by atoms with van der Waals surface area (Å²) in [5.74, 6) is 1.96. The summed E-state index contributed by atoms with van der Waals surface area (Å²) >= 11 is 6.51. The first-order chi connectivity index (χ1) is 18.2. The van der Waals surface area contributed by atoms with Crippen molar-refractivity contribution in [3.05, 3.63) is 47.3 Å². The maximum atomic E-state index is 12.3. The smallest absolute Gasteiger partial charge is 0.263 e. The third kappa shape index (κ3) is 5.92. The van der Waals surface area contributed by atoms with Crippen LogP contribution in [0.3, 0.4) is 0 Å². The van der Waals surface area contributed by atoms with Gasteiger partial charge in [-0.3, -0.25) is 4.79 Å². The molecule has 0 radical (unpaired) electrons. The van der Waals surface area contributed by atoms with E-state index in [1.807, 2.05) is 32.9 Å². The molecule has 1 aliphatic rings. The van der Waals surface area contributed by atoms with Gasteiger partial charge in [0, 0.05) is 23.1 Å². The van der Waals surface area contributed by atoms with Gasteiger partial charge in [0.25, 0.3) is 5.91 Å². The quantitative estimate of drug-likeness (QED) is 0.298. The number of imidazole rings is 1. The van der Waals surface area contributed by atoms with E-state index in [4.69, 9.17) is 25.8 Å². The summed E-state index contributed by atoms with van der Waals surface area (Å²) in [5, 5.41) is 10.7. The fourth-order valence-electron chi connectivity index (χ4n) is 4.29. The molecular weight excluding hydrogens is 506 g/mol. The van der Waals surface area contributed by atoms with Crippen LogP contribution in [0.4, 0.5) is 11.5 Å². The number of hydrogen-bond donors (Lipinski definition) is 3. The molecule has 4 aromatic rings. The molecule has 4 heterocycles. The van der Waals surface area contributed by atoms with Crippen LogP contribution < -0.4 is 15.4 Å². The van der Waals surface area contributed by atoms with Crippen LogP contribution in [0.2, 0.25) is 5.02 Å². The minimum Gasteiger partial charge on any atom is -0.484 e. The summed E-state index contributed by atoms with van der Waals surface area (Å²) in [6.07, 6.45) is 3.74. The first-order valence-electron chi connectivity index (χ1n) is 12.7. The Morgan fingerprint density at radius 3 is 2.66 bits per heavy atom. The number of benzene rings is 1. The number of H-pyrrole nitrogens is 1.